The van der Waals surface area contributed by atoms with Crippen LogP contribution in [0, 0.1) is 6.92 Å². The number of hydrogen-bond acceptors (Lipinski definition) is 3. The highest BCUT2D eigenvalue weighted by Gasteiger charge is 2.30. The van der Waals surface area contributed by atoms with Crippen molar-refractivity contribution in [1.82, 2.24) is 24.5 Å². The third-order valence-corrected chi connectivity index (χ3v) is 4.50. The second-order valence-corrected chi connectivity index (χ2v) is 6.36. The molecular weight excluding hydrogens is 316 g/mol. The van der Waals surface area contributed by atoms with Crippen molar-refractivity contribution in [3.8, 4) is 0 Å². The molecule has 0 atom stereocenters. The van der Waals surface area contributed by atoms with E-state index in [2.05, 4.69) is 10.2 Å². The van der Waals surface area contributed by atoms with E-state index in [1.165, 1.54) is 10.7 Å². The van der Waals surface area contributed by atoms with Gasteiger partial charge in [-0.3, -0.25) is 14.2 Å². The number of carbonyl (C=O) groups excluding carboxylic acids is 1. The summed E-state index contributed by atoms with van der Waals surface area (Å²) in [5, 5.41) is 8.08. The maximum absolute atomic E-state index is 12.9. The molecule has 0 unspecified atom stereocenters. The molecule has 2 aromatic rings. The van der Waals surface area contributed by atoms with Gasteiger partial charge in [-0.2, -0.15) is 10.2 Å². The molecule has 1 fully saturated rings. The fourth-order valence-corrected chi connectivity index (χ4v) is 2.68. The molecule has 1 aliphatic rings. The van der Waals surface area contributed by atoms with E-state index >= 15 is 0 Å². The SMILES string of the molecule is Cc1c(CN(C)C(=O)Cn2nc(C(F)F)cc2C2CC2)cnn1C. The fraction of sp³-hybridized carbons (Fsp3) is 0.562. The molecule has 0 saturated heterocycles. The number of alkyl halides is 2. The van der Waals surface area contributed by atoms with E-state index in [4.69, 9.17) is 0 Å². The number of hydrogen-bond donors (Lipinski definition) is 0. The molecule has 0 aromatic carbocycles. The molecule has 24 heavy (non-hydrogen) atoms. The number of aryl methyl sites for hydroxylation is 1. The first-order chi connectivity index (χ1) is 11.4. The first kappa shape index (κ1) is 16.6. The summed E-state index contributed by atoms with van der Waals surface area (Å²) in [7, 11) is 3.54. The number of carbonyl (C=O) groups is 1. The lowest BCUT2D eigenvalue weighted by molar-refractivity contribution is -0.131. The van der Waals surface area contributed by atoms with E-state index in [0.29, 0.717) is 6.54 Å². The van der Waals surface area contributed by atoms with Crippen molar-refractivity contribution in [2.24, 2.45) is 7.05 Å². The summed E-state index contributed by atoms with van der Waals surface area (Å²) in [6, 6.07) is 1.43. The van der Waals surface area contributed by atoms with Crippen LogP contribution in [0.25, 0.3) is 0 Å². The number of nitrogens with zero attached hydrogens (tertiary/aromatic N) is 5. The van der Waals surface area contributed by atoms with E-state index < -0.39 is 6.43 Å². The predicted octanol–water partition coefficient (Wildman–Crippen LogP) is 2.40. The molecule has 0 spiro atoms. The van der Waals surface area contributed by atoms with Crippen molar-refractivity contribution in [3.05, 3.63) is 34.9 Å². The van der Waals surface area contributed by atoms with Crippen LogP contribution in [0.1, 0.15) is 47.8 Å². The smallest absolute Gasteiger partial charge is 0.282 e. The quantitative estimate of drug-likeness (QED) is 0.813. The molecule has 1 amide bonds. The Labute approximate surface area is 139 Å². The molecule has 2 heterocycles. The summed E-state index contributed by atoms with van der Waals surface area (Å²) < 4.78 is 29.0. The topological polar surface area (TPSA) is 56.0 Å². The average Bonchev–Trinajstić information content (AvgIpc) is 3.22. The van der Waals surface area contributed by atoms with Crippen molar-refractivity contribution in [2.45, 2.75) is 45.2 Å². The summed E-state index contributed by atoms with van der Waals surface area (Å²) in [6.45, 7) is 2.35. The van der Waals surface area contributed by atoms with Gasteiger partial charge >= 0.3 is 0 Å². The van der Waals surface area contributed by atoms with Crippen LogP contribution < -0.4 is 0 Å². The van der Waals surface area contributed by atoms with Gasteiger partial charge in [-0.25, -0.2) is 8.78 Å². The highest BCUT2D eigenvalue weighted by atomic mass is 19.3. The van der Waals surface area contributed by atoms with Gasteiger partial charge in [0.15, 0.2) is 0 Å². The summed E-state index contributed by atoms with van der Waals surface area (Å²) in [6.07, 6.45) is 1.05. The first-order valence-corrected chi connectivity index (χ1v) is 7.94. The largest absolute Gasteiger partial charge is 0.340 e. The normalized spacial score (nSPS) is 14.4. The van der Waals surface area contributed by atoms with E-state index in [1.54, 1.807) is 22.8 Å². The Morgan fingerprint density at radius 3 is 2.71 bits per heavy atom. The van der Waals surface area contributed by atoms with Crippen molar-refractivity contribution < 1.29 is 13.6 Å². The molecule has 6 nitrogen and oxygen atoms in total. The molecule has 2 aromatic heterocycles. The molecule has 8 heteroatoms. The number of rotatable bonds is 6. The third-order valence-electron chi connectivity index (χ3n) is 4.50. The highest BCUT2D eigenvalue weighted by molar-refractivity contribution is 5.75. The summed E-state index contributed by atoms with van der Waals surface area (Å²) >= 11 is 0. The lowest BCUT2D eigenvalue weighted by atomic mass is 10.2. The zero-order valence-electron chi connectivity index (χ0n) is 14.0. The number of halogens is 2. The minimum absolute atomic E-state index is 0.0195. The van der Waals surface area contributed by atoms with Gasteiger partial charge in [0.1, 0.15) is 12.2 Å². The zero-order valence-corrected chi connectivity index (χ0v) is 14.0. The highest BCUT2D eigenvalue weighted by Crippen LogP contribution is 2.41. The Kier molecular flexibility index (Phi) is 4.38. The molecule has 130 valence electrons. The molecule has 1 aliphatic carbocycles. The second-order valence-electron chi connectivity index (χ2n) is 6.36. The number of likely N-dealkylation sites (N-methyl/N-ethyl adjacent to an activating group) is 1. The van der Waals surface area contributed by atoms with Gasteiger partial charge in [0.25, 0.3) is 6.43 Å². The van der Waals surface area contributed by atoms with Crippen LogP contribution in [-0.4, -0.2) is 37.4 Å². The minimum Gasteiger partial charge on any atom is -0.340 e. The molecule has 0 bridgehead atoms. The standard InChI is InChI=1S/C16H21F2N5O/c1-10-12(7-19-22(10)3)8-21(2)15(24)9-23-14(11-4-5-11)6-13(20-23)16(17)18/h6-7,11,16H,4-5,8-9H2,1-3H3. The monoisotopic (exact) mass is 337 g/mol. The van der Waals surface area contributed by atoms with Crippen LogP contribution in [0.5, 0.6) is 0 Å². The number of amides is 1. The maximum atomic E-state index is 12.9. The van der Waals surface area contributed by atoms with Crippen LogP contribution in [0.3, 0.4) is 0 Å². The minimum atomic E-state index is -2.62. The average molecular weight is 337 g/mol. The van der Waals surface area contributed by atoms with E-state index in [9.17, 15) is 13.6 Å². The maximum Gasteiger partial charge on any atom is 0.282 e. The van der Waals surface area contributed by atoms with Crippen molar-refractivity contribution >= 4 is 5.91 Å². The van der Waals surface area contributed by atoms with Crippen LogP contribution in [-0.2, 0) is 24.9 Å². The van der Waals surface area contributed by atoms with Gasteiger partial charge in [-0.15, -0.1) is 0 Å². The Bertz CT molecular complexity index is 748. The van der Waals surface area contributed by atoms with Gasteiger partial charge in [-0.05, 0) is 25.8 Å². The van der Waals surface area contributed by atoms with Gasteiger partial charge < -0.3 is 4.90 Å². The summed E-state index contributed by atoms with van der Waals surface area (Å²) in [5.74, 6) is 0.0905. The van der Waals surface area contributed by atoms with Gasteiger partial charge in [-0.1, -0.05) is 0 Å². The van der Waals surface area contributed by atoms with Crippen molar-refractivity contribution in [3.63, 3.8) is 0 Å². The molecule has 0 aliphatic heterocycles. The van der Waals surface area contributed by atoms with Gasteiger partial charge in [0.2, 0.25) is 5.91 Å². The third kappa shape index (κ3) is 3.32. The Morgan fingerprint density at radius 1 is 1.46 bits per heavy atom. The van der Waals surface area contributed by atoms with Crippen LogP contribution >= 0.6 is 0 Å². The van der Waals surface area contributed by atoms with Gasteiger partial charge in [0, 0.05) is 43.5 Å². The van der Waals surface area contributed by atoms with Gasteiger partial charge in [0.05, 0.1) is 6.20 Å². The first-order valence-electron chi connectivity index (χ1n) is 7.94. The van der Waals surface area contributed by atoms with Crippen LogP contribution in [0.4, 0.5) is 8.78 Å². The van der Waals surface area contributed by atoms with Crippen LogP contribution in [0.15, 0.2) is 12.3 Å². The zero-order chi connectivity index (χ0) is 17.4. The molecule has 1 saturated carbocycles. The summed E-state index contributed by atoms with van der Waals surface area (Å²) in [4.78, 5) is 14.0. The molecule has 0 radical (unpaired) electrons. The Morgan fingerprint density at radius 2 is 2.17 bits per heavy atom. The van der Waals surface area contributed by atoms with Crippen LogP contribution in [0.2, 0.25) is 0 Å². The predicted molar refractivity (Wildman–Crippen MR) is 83.6 cm³/mol. The Balaban J connectivity index is 1.71. The van der Waals surface area contributed by atoms with Crippen molar-refractivity contribution in [1.29, 1.82) is 0 Å². The molecule has 0 N–H and O–H groups in total. The van der Waals surface area contributed by atoms with E-state index in [0.717, 1.165) is 29.8 Å². The lowest BCUT2D eigenvalue weighted by Gasteiger charge is -2.18. The summed E-state index contributed by atoms with van der Waals surface area (Å²) in [5.41, 5.74) is 2.44. The molecular formula is C16H21F2N5O. The fourth-order valence-electron chi connectivity index (χ4n) is 2.68. The Hall–Kier alpha value is -2.25. The lowest BCUT2D eigenvalue weighted by Crippen LogP contribution is -2.30. The van der Waals surface area contributed by atoms with Crippen molar-refractivity contribution in [2.75, 3.05) is 7.05 Å². The molecule has 3 rings (SSSR count). The second kappa shape index (κ2) is 6.33. The number of aromatic nitrogens is 4. The van der Waals surface area contributed by atoms with E-state index in [-0.39, 0.29) is 24.1 Å². The van der Waals surface area contributed by atoms with E-state index in [1.807, 2.05) is 14.0 Å².